The zero-order valence-electron chi connectivity index (χ0n) is 15.3. The maximum absolute atomic E-state index is 11.5. The Morgan fingerprint density at radius 1 is 1.14 bits per heavy atom. The average Bonchev–Trinajstić information content (AvgIpc) is 3.14. The summed E-state index contributed by atoms with van der Waals surface area (Å²) in [5.41, 5.74) is 1.82. The van der Waals surface area contributed by atoms with E-state index in [1.165, 1.54) is 13.3 Å². The molecule has 0 fully saturated rings. The van der Waals surface area contributed by atoms with Crippen LogP contribution in [-0.2, 0) is 11.3 Å². The van der Waals surface area contributed by atoms with Gasteiger partial charge in [0.25, 0.3) is 0 Å². The number of ether oxygens (including phenoxy) is 1. The van der Waals surface area contributed by atoms with E-state index in [2.05, 4.69) is 35.7 Å². The van der Waals surface area contributed by atoms with Gasteiger partial charge in [0, 0.05) is 16.9 Å². The van der Waals surface area contributed by atoms with Gasteiger partial charge in [-0.05, 0) is 42.5 Å². The fourth-order valence-corrected chi connectivity index (χ4v) is 2.82. The summed E-state index contributed by atoms with van der Waals surface area (Å²) < 4.78 is 6.30. The molecule has 0 bridgehead atoms. The second-order valence-corrected chi connectivity index (χ2v) is 6.45. The van der Waals surface area contributed by atoms with Gasteiger partial charge in [-0.15, -0.1) is 15.3 Å². The molecule has 10 heteroatoms. The summed E-state index contributed by atoms with van der Waals surface area (Å²) >= 11 is 6.02. The zero-order valence-corrected chi connectivity index (χ0v) is 16.1. The molecular weight excluding hydrogens is 394 g/mol. The molecule has 0 spiro atoms. The summed E-state index contributed by atoms with van der Waals surface area (Å²) in [5, 5.41) is 19.8. The van der Waals surface area contributed by atoms with Crippen LogP contribution in [0.5, 0.6) is 0 Å². The summed E-state index contributed by atoms with van der Waals surface area (Å²) in [6.45, 7) is 0.347. The smallest absolute Gasteiger partial charge is 0.339 e. The van der Waals surface area contributed by atoms with Gasteiger partial charge in [0.05, 0.1) is 19.2 Å². The predicted octanol–water partition coefficient (Wildman–Crippen LogP) is 3.32. The highest BCUT2D eigenvalue weighted by Gasteiger charge is 2.09. The molecule has 4 rings (SSSR count). The number of carbonyl (C=O) groups is 1. The molecule has 4 aromatic rings. The fourth-order valence-electron chi connectivity index (χ4n) is 2.63. The largest absolute Gasteiger partial charge is 0.465 e. The Morgan fingerprint density at radius 3 is 2.76 bits per heavy atom. The number of esters is 1. The molecule has 146 valence electrons. The van der Waals surface area contributed by atoms with Gasteiger partial charge in [-0.1, -0.05) is 17.7 Å². The van der Waals surface area contributed by atoms with Crippen LogP contribution in [-0.4, -0.2) is 37.9 Å². The summed E-state index contributed by atoms with van der Waals surface area (Å²) in [6.07, 6.45) is 1.45. The number of nitrogens with one attached hydrogen (secondary N) is 2. The first-order chi connectivity index (χ1) is 14.1. The minimum Gasteiger partial charge on any atom is -0.465 e. The second-order valence-electron chi connectivity index (χ2n) is 6.02. The fraction of sp³-hybridized carbons (Fsp3) is 0.105. The van der Waals surface area contributed by atoms with Gasteiger partial charge < -0.3 is 15.4 Å². The number of benzene rings is 1. The van der Waals surface area contributed by atoms with Crippen LogP contribution in [0, 0.1) is 0 Å². The standard InChI is InChI=1S/C19H16ClN7O2/c1-29-19(28)12-5-6-15(21-10-12)22-11-18-25-24-17-8-7-16(26-27(17)18)23-14-4-2-3-13(20)9-14/h2-10H,11H2,1H3,(H,21,22)(H,23,26). The number of halogens is 1. The van der Waals surface area contributed by atoms with Crippen molar-refractivity contribution in [3.05, 3.63) is 71.1 Å². The van der Waals surface area contributed by atoms with E-state index in [0.29, 0.717) is 40.2 Å². The van der Waals surface area contributed by atoms with Crippen LogP contribution in [0.3, 0.4) is 0 Å². The normalized spacial score (nSPS) is 10.7. The van der Waals surface area contributed by atoms with Crippen molar-refractivity contribution in [1.29, 1.82) is 0 Å². The van der Waals surface area contributed by atoms with E-state index in [9.17, 15) is 4.79 Å². The van der Waals surface area contributed by atoms with Crippen molar-refractivity contribution in [3.63, 3.8) is 0 Å². The van der Waals surface area contributed by atoms with Crippen LogP contribution >= 0.6 is 11.6 Å². The van der Waals surface area contributed by atoms with Crippen molar-refractivity contribution in [2.45, 2.75) is 6.54 Å². The molecule has 0 amide bonds. The third-order valence-corrected chi connectivity index (χ3v) is 4.27. The molecule has 0 aliphatic heterocycles. The molecule has 1 aromatic carbocycles. The number of rotatable bonds is 6. The number of hydrogen-bond donors (Lipinski definition) is 2. The third kappa shape index (κ3) is 4.25. The average molecular weight is 410 g/mol. The van der Waals surface area contributed by atoms with E-state index in [0.717, 1.165) is 5.69 Å². The Bertz CT molecular complexity index is 1160. The van der Waals surface area contributed by atoms with E-state index in [4.69, 9.17) is 11.6 Å². The number of fused-ring (bicyclic) bond motifs is 1. The van der Waals surface area contributed by atoms with Gasteiger partial charge in [0.1, 0.15) is 5.82 Å². The molecule has 0 aliphatic carbocycles. The van der Waals surface area contributed by atoms with Crippen LogP contribution in [0.25, 0.3) is 5.65 Å². The number of anilines is 3. The van der Waals surface area contributed by atoms with Crippen molar-refractivity contribution in [2.75, 3.05) is 17.7 Å². The SMILES string of the molecule is COC(=O)c1ccc(NCc2nnc3ccc(Nc4cccc(Cl)c4)nn23)nc1. The van der Waals surface area contributed by atoms with Crippen LogP contribution in [0.2, 0.25) is 5.02 Å². The zero-order chi connectivity index (χ0) is 20.2. The first-order valence-corrected chi connectivity index (χ1v) is 9.02. The number of hydrogen-bond acceptors (Lipinski definition) is 8. The first kappa shape index (κ1) is 18.6. The highest BCUT2D eigenvalue weighted by molar-refractivity contribution is 6.30. The lowest BCUT2D eigenvalue weighted by atomic mass is 10.3. The van der Waals surface area contributed by atoms with Gasteiger partial charge >= 0.3 is 5.97 Å². The molecule has 0 saturated heterocycles. The predicted molar refractivity (Wildman–Crippen MR) is 108 cm³/mol. The Balaban J connectivity index is 1.49. The maximum atomic E-state index is 11.5. The molecule has 0 radical (unpaired) electrons. The summed E-state index contributed by atoms with van der Waals surface area (Å²) in [5.74, 6) is 1.38. The van der Waals surface area contributed by atoms with Crippen molar-refractivity contribution in [3.8, 4) is 0 Å². The van der Waals surface area contributed by atoms with E-state index in [1.54, 1.807) is 22.7 Å². The van der Waals surface area contributed by atoms with E-state index in [-0.39, 0.29) is 0 Å². The monoisotopic (exact) mass is 409 g/mol. The van der Waals surface area contributed by atoms with Gasteiger partial charge in [0.15, 0.2) is 17.3 Å². The van der Waals surface area contributed by atoms with E-state index >= 15 is 0 Å². The molecule has 0 aliphatic rings. The summed E-state index contributed by atoms with van der Waals surface area (Å²) in [7, 11) is 1.33. The van der Waals surface area contributed by atoms with Crippen molar-refractivity contribution < 1.29 is 9.53 Å². The summed E-state index contributed by atoms with van der Waals surface area (Å²) in [4.78, 5) is 15.7. The lowest BCUT2D eigenvalue weighted by Gasteiger charge is -2.07. The van der Waals surface area contributed by atoms with Gasteiger partial charge in [-0.2, -0.15) is 4.52 Å². The van der Waals surface area contributed by atoms with Crippen molar-refractivity contribution >= 4 is 40.5 Å². The van der Waals surface area contributed by atoms with E-state index < -0.39 is 5.97 Å². The first-order valence-electron chi connectivity index (χ1n) is 8.64. The molecule has 2 N–H and O–H groups in total. The Morgan fingerprint density at radius 2 is 2.00 bits per heavy atom. The Labute approximate surface area is 170 Å². The minimum atomic E-state index is -0.434. The van der Waals surface area contributed by atoms with Crippen LogP contribution in [0.4, 0.5) is 17.3 Å². The Hall–Kier alpha value is -3.72. The van der Waals surface area contributed by atoms with Crippen LogP contribution in [0.1, 0.15) is 16.2 Å². The van der Waals surface area contributed by atoms with Gasteiger partial charge in [-0.3, -0.25) is 0 Å². The van der Waals surface area contributed by atoms with Crippen LogP contribution in [0.15, 0.2) is 54.7 Å². The molecule has 29 heavy (non-hydrogen) atoms. The number of aromatic nitrogens is 5. The Kier molecular flexibility index (Phi) is 5.21. The highest BCUT2D eigenvalue weighted by Crippen LogP contribution is 2.19. The molecular formula is C19H16ClN7O2. The van der Waals surface area contributed by atoms with E-state index in [1.807, 2.05) is 30.3 Å². The van der Waals surface area contributed by atoms with Crippen molar-refractivity contribution in [2.24, 2.45) is 0 Å². The molecule has 0 atom stereocenters. The molecule has 3 heterocycles. The molecule has 0 saturated carbocycles. The lowest BCUT2D eigenvalue weighted by molar-refractivity contribution is 0.0600. The van der Waals surface area contributed by atoms with Crippen LogP contribution < -0.4 is 10.6 Å². The molecule has 0 unspecified atom stereocenters. The van der Waals surface area contributed by atoms with Gasteiger partial charge in [0.2, 0.25) is 0 Å². The number of methoxy groups -OCH3 is 1. The van der Waals surface area contributed by atoms with Crippen molar-refractivity contribution in [1.82, 2.24) is 24.8 Å². The summed E-state index contributed by atoms with van der Waals surface area (Å²) in [6, 6.07) is 14.3. The quantitative estimate of drug-likeness (QED) is 0.467. The highest BCUT2D eigenvalue weighted by atomic mass is 35.5. The third-order valence-electron chi connectivity index (χ3n) is 4.04. The molecule has 3 aromatic heterocycles. The second kappa shape index (κ2) is 8.11. The number of pyridine rings is 1. The topological polar surface area (TPSA) is 106 Å². The minimum absolute atomic E-state index is 0.347. The van der Waals surface area contributed by atoms with Gasteiger partial charge in [-0.25, -0.2) is 9.78 Å². The molecule has 9 nitrogen and oxygen atoms in total. The number of carbonyl (C=O) groups excluding carboxylic acids is 1. The lowest BCUT2D eigenvalue weighted by Crippen LogP contribution is -2.09. The maximum Gasteiger partial charge on any atom is 0.339 e. The number of nitrogens with zero attached hydrogens (tertiary/aromatic N) is 5.